The predicted octanol–water partition coefficient (Wildman–Crippen LogP) is 0.180. The minimum atomic E-state index is 0. The van der Waals surface area contributed by atoms with Gasteiger partial charge in [-0.3, -0.25) is 0 Å². The van der Waals surface area contributed by atoms with Gasteiger partial charge in [0.1, 0.15) is 0 Å². The minimum absolute atomic E-state index is 0. The van der Waals surface area contributed by atoms with E-state index in [-0.39, 0.29) is 18.9 Å². The van der Waals surface area contributed by atoms with Crippen molar-refractivity contribution in [2.75, 3.05) is 0 Å². The molecule has 0 N–H and O–H groups in total. The molecule has 2 rings (SSSR count). The van der Waals surface area contributed by atoms with Crippen molar-refractivity contribution in [2.45, 2.75) is 13.8 Å². The summed E-state index contributed by atoms with van der Waals surface area (Å²) in [6.45, 7) is 4.29. The largest absolute Gasteiger partial charge is 1.00 e. The third-order valence-electron chi connectivity index (χ3n) is 2.11. The van der Waals surface area contributed by atoms with Crippen molar-refractivity contribution in [1.29, 1.82) is 0 Å². The molecule has 0 amide bonds. The zero-order valence-corrected chi connectivity index (χ0v) is 7.89. The van der Waals surface area contributed by atoms with Gasteiger partial charge in [-0.2, -0.15) is 6.07 Å². The fraction of sp³-hybridized carbons (Fsp3) is 0.182. The first kappa shape index (κ1) is 9.51. The Morgan fingerprint density at radius 1 is 1.17 bits per heavy atom. The van der Waals surface area contributed by atoms with Crippen LogP contribution in [0.5, 0.6) is 0 Å². The molecule has 0 unspecified atom stereocenters. The van der Waals surface area contributed by atoms with Crippen LogP contribution in [0.15, 0.2) is 30.3 Å². The van der Waals surface area contributed by atoms with Gasteiger partial charge in [0.2, 0.25) is 0 Å². The second-order valence-corrected chi connectivity index (χ2v) is 3.11. The molecule has 0 atom stereocenters. The van der Waals surface area contributed by atoms with E-state index in [1.54, 1.807) is 0 Å². The summed E-state index contributed by atoms with van der Waals surface area (Å²) in [4.78, 5) is 0. The second-order valence-electron chi connectivity index (χ2n) is 3.11. The Morgan fingerprint density at radius 3 is 2.58 bits per heavy atom. The SMILES string of the molecule is Cc1cc2c(C)cccc2[cH-]1.[Li+]. The van der Waals surface area contributed by atoms with Gasteiger partial charge in [0.25, 0.3) is 0 Å². The summed E-state index contributed by atoms with van der Waals surface area (Å²) in [5, 5.41) is 2.76. The number of hydrogen-bond acceptors (Lipinski definition) is 0. The van der Waals surface area contributed by atoms with Crippen LogP contribution in [-0.4, -0.2) is 0 Å². The second kappa shape index (κ2) is 3.43. The molecule has 0 fully saturated rings. The van der Waals surface area contributed by atoms with Crippen LogP contribution in [0, 0.1) is 13.8 Å². The smallest absolute Gasteiger partial charge is 0.165 e. The Labute approximate surface area is 85.1 Å². The van der Waals surface area contributed by atoms with E-state index in [1.807, 2.05) is 0 Å². The van der Waals surface area contributed by atoms with Crippen LogP contribution in [0.4, 0.5) is 0 Å². The average molecular weight is 150 g/mol. The van der Waals surface area contributed by atoms with E-state index in [4.69, 9.17) is 0 Å². The first-order chi connectivity index (χ1) is 5.27. The van der Waals surface area contributed by atoms with E-state index < -0.39 is 0 Å². The normalized spacial score (nSPS) is 9.83. The Bertz CT molecular complexity index is 385. The van der Waals surface area contributed by atoms with Gasteiger partial charge in [-0.25, -0.2) is 0 Å². The molecule has 0 saturated carbocycles. The molecule has 0 aliphatic carbocycles. The Kier molecular flexibility index (Phi) is 2.72. The van der Waals surface area contributed by atoms with Crippen LogP contribution in [0.1, 0.15) is 11.1 Å². The van der Waals surface area contributed by atoms with Gasteiger partial charge in [0, 0.05) is 0 Å². The first-order valence-corrected chi connectivity index (χ1v) is 3.90. The molecule has 56 valence electrons. The molecule has 0 radical (unpaired) electrons. The van der Waals surface area contributed by atoms with E-state index in [0.29, 0.717) is 0 Å². The molecule has 0 spiro atoms. The summed E-state index contributed by atoms with van der Waals surface area (Å²) in [7, 11) is 0. The molecule has 0 aliphatic heterocycles. The van der Waals surface area contributed by atoms with Crippen LogP contribution < -0.4 is 18.9 Å². The van der Waals surface area contributed by atoms with Crippen molar-refractivity contribution in [1.82, 2.24) is 0 Å². The minimum Gasteiger partial charge on any atom is -0.165 e. The maximum atomic E-state index is 2.24. The van der Waals surface area contributed by atoms with Gasteiger partial charge in [-0.1, -0.05) is 18.6 Å². The van der Waals surface area contributed by atoms with E-state index >= 15 is 0 Å². The molecule has 2 aromatic carbocycles. The summed E-state index contributed by atoms with van der Waals surface area (Å²) in [6, 6.07) is 10.9. The third-order valence-corrected chi connectivity index (χ3v) is 2.11. The topological polar surface area (TPSA) is 0 Å². The number of rotatable bonds is 0. The quantitative estimate of drug-likeness (QED) is 0.371. The summed E-state index contributed by atoms with van der Waals surface area (Å²) in [5.41, 5.74) is 2.73. The van der Waals surface area contributed by atoms with E-state index in [0.717, 1.165) is 0 Å². The van der Waals surface area contributed by atoms with Gasteiger partial charge in [-0.05, 0) is 6.92 Å². The molecule has 12 heavy (non-hydrogen) atoms. The van der Waals surface area contributed by atoms with Crippen LogP contribution in [0.2, 0.25) is 0 Å². The zero-order chi connectivity index (χ0) is 7.84. The van der Waals surface area contributed by atoms with E-state index in [9.17, 15) is 0 Å². The van der Waals surface area contributed by atoms with Crippen molar-refractivity contribution in [3.05, 3.63) is 41.5 Å². The van der Waals surface area contributed by atoms with Crippen molar-refractivity contribution >= 4 is 10.8 Å². The van der Waals surface area contributed by atoms with Crippen molar-refractivity contribution in [2.24, 2.45) is 0 Å². The molecule has 0 saturated heterocycles. The summed E-state index contributed by atoms with van der Waals surface area (Å²) in [5.74, 6) is 0. The molecule has 0 aliphatic rings. The van der Waals surface area contributed by atoms with Crippen LogP contribution >= 0.6 is 0 Å². The summed E-state index contributed by atoms with van der Waals surface area (Å²) >= 11 is 0. The molecular formula is C11H11Li. The van der Waals surface area contributed by atoms with Crippen molar-refractivity contribution < 1.29 is 18.9 Å². The van der Waals surface area contributed by atoms with Crippen LogP contribution in [-0.2, 0) is 0 Å². The number of aryl methyl sites for hydroxylation is 2. The van der Waals surface area contributed by atoms with Crippen molar-refractivity contribution in [3.63, 3.8) is 0 Å². The van der Waals surface area contributed by atoms with Gasteiger partial charge in [-0.15, -0.1) is 34.5 Å². The number of fused-ring (bicyclic) bond motifs is 1. The number of benzene rings is 1. The Morgan fingerprint density at radius 2 is 1.92 bits per heavy atom. The van der Waals surface area contributed by atoms with Crippen LogP contribution in [0.3, 0.4) is 0 Å². The molecule has 0 nitrogen and oxygen atoms in total. The third kappa shape index (κ3) is 1.46. The van der Waals surface area contributed by atoms with E-state index in [1.165, 1.54) is 21.9 Å². The molecule has 0 heterocycles. The Balaban J connectivity index is 0.000000720. The fourth-order valence-corrected chi connectivity index (χ4v) is 1.54. The Hall–Kier alpha value is -0.573. The van der Waals surface area contributed by atoms with Gasteiger partial charge >= 0.3 is 18.9 Å². The fourth-order valence-electron chi connectivity index (χ4n) is 1.54. The van der Waals surface area contributed by atoms with Gasteiger partial charge in [0.15, 0.2) is 0 Å². The van der Waals surface area contributed by atoms with Gasteiger partial charge < -0.3 is 0 Å². The molecular weight excluding hydrogens is 139 g/mol. The standard InChI is InChI=1S/C11H11.Li/c1-8-6-10-5-3-4-9(2)11(10)7-8;/h3-7H,1-2H3;/q-1;+1. The molecule has 0 aromatic heterocycles. The molecule has 1 heteroatoms. The van der Waals surface area contributed by atoms with E-state index in [2.05, 4.69) is 44.2 Å². The summed E-state index contributed by atoms with van der Waals surface area (Å²) < 4.78 is 0. The maximum absolute atomic E-state index is 2.24. The van der Waals surface area contributed by atoms with Gasteiger partial charge in [0.05, 0.1) is 0 Å². The molecule has 0 bridgehead atoms. The summed E-state index contributed by atoms with van der Waals surface area (Å²) in [6.07, 6.45) is 0. The predicted molar refractivity (Wildman–Crippen MR) is 49.0 cm³/mol. The molecule has 2 aromatic rings. The maximum Gasteiger partial charge on any atom is 1.00 e. The zero-order valence-electron chi connectivity index (χ0n) is 7.89. The first-order valence-electron chi connectivity index (χ1n) is 3.90. The number of hydrogen-bond donors (Lipinski definition) is 0. The van der Waals surface area contributed by atoms with Crippen molar-refractivity contribution in [3.8, 4) is 0 Å². The monoisotopic (exact) mass is 150 g/mol. The average Bonchev–Trinajstić information content (AvgIpc) is 2.31. The van der Waals surface area contributed by atoms with Crippen LogP contribution in [0.25, 0.3) is 10.8 Å².